The van der Waals surface area contributed by atoms with Crippen LogP contribution < -0.4 is 10.2 Å². The molecule has 0 spiro atoms. The van der Waals surface area contributed by atoms with Crippen LogP contribution in [0.3, 0.4) is 0 Å². The van der Waals surface area contributed by atoms with Crippen LogP contribution in [0.15, 0.2) is 29.2 Å². The summed E-state index contributed by atoms with van der Waals surface area (Å²) < 4.78 is 0. The summed E-state index contributed by atoms with van der Waals surface area (Å²) in [6, 6.07) is 7.83. The summed E-state index contributed by atoms with van der Waals surface area (Å²) in [5.41, 5.74) is 0.886. The third-order valence-corrected chi connectivity index (χ3v) is 7.60. The Hall–Kier alpha value is -1.57. The average molecular weight is 403 g/mol. The first kappa shape index (κ1) is 19.7. The fraction of sp³-hybridized carbons (Fsp3) is 0.619. The zero-order valence-electron chi connectivity index (χ0n) is 16.7. The van der Waals surface area contributed by atoms with Gasteiger partial charge in [-0.3, -0.25) is 14.5 Å². The molecule has 3 heterocycles. The molecule has 2 fully saturated rings. The first-order chi connectivity index (χ1) is 13.6. The standard InChI is InChI=1S/C21H30N4O2S/c1-2-23-13-15-24(16-14-23)12-6-5-11-22-20(27)21-10-9-19(26)25(21)17-7-3-4-8-18(17)28-21/h3-4,7-8H,2,5-6,9-16H2,1H3,(H,22,27). The van der Waals surface area contributed by atoms with Gasteiger partial charge in [-0.1, -0.05) is 30.8 Å². The van der Waals surface area contributed by atoms with Crippen LogP contribution >= 0.6 is 11.8 Å². The number of nitrogens with one attached hydrogen (secondary N) is 1. The van der Waals surface area contributed by atoms with Crippen LogP contribution in [0.2, 0.25) is 0 Å². The third kappa shape index (κ3) is 3.67. The minimum Gasteiger partial charge on any atom is -0.353 e. The number of hydrogen-bond donors (Lipinski definition) is 1. The largest absolute Gasteiger partial charge is 0.353 e. The quantitative estimate of drug-likeness (QED) is 0.709. The van der Waals surface area contributed by atoms with Crippen LogP contribution in [0, 0.1) is 0 Å². The number of carbonyl (C=O) groups is 2. The van der Waals surface area contributed by atoms with E-state index in [9.17, 15) is 9.59 Å². The Labute approximate surface area is 171 Å². The second-order valence-corrected chi connectivity index (χ2v) is 9.14. The topological polar surface area (TPSA) is 55.9 Å². The molecular formula is C21H30N4O2S. The number of piperazine rings is 1. The number of unbranched alkanes of at least 4 members (excludes halogenated alkanes) is 1. The van der Waals surface area contributed by atoms with Crippen molar-refractivity contribution in [3.8, 4) is 0 Å². The minimum atomic E-state index is -0.781. The van der Waals surface area contributed by atoms with E-state index in [0.29, 0.717) is 19.4 Å². The van der Waals surface area contributed by atoms with Gasteiger partial charge in [0.25, 0.3) is 5.91 Å². The van der Waals surface area contributed by atoms with E-state index in [0.717, 1.165) is 62.7 Å². The highest BCUT2D eigenvalue weighted by Crippen LogP contribution is 2.55. The molecule has 0 saturated carbocycles. The van der Waals surface area contributed by atoms with Crippen molar-refractivity contribution in [2.75, 3.05) is 50.7 Å². The van der Waals surface area contributed by atoms with Crippen molar-refractivity contribution < 1.29 is 9.59 Å². The smallest absolute Gasteiger partial charge is 0.257 e. The van der Waals surface area contributed by atoms with E-state index >= 15 is 0 Å². The maximum atomic E-state index is 13.1. The predicted molar refractivity (Wildman–Crippen MR) is 113 cm³/mol. The monoisotopic (exact) mass is 402 g/mol. The van der Waals surface area contributed by atoms with Gasteiger partial charge in [-0.15, -0.1) is 0 Å². The Morgan fingerprint density at radius 1 is 1.14 bits per heavy atom. The third-order valence-electron chi connectivity index (χ3n) is 6.13. The fourth-order valence-corrected chi connectivity index (χ4v) is 5.86. The van der Waals surface area contributed by atoms with Crippen LogP contribution in [-0.2, 0) is 9.59 Å². The molecule has 0 bridgehead atoms. The summed E-state index contributed by atoms with van der Waals surface area (Å²) in [5.74, 6) is 0.0370. The summed E-state index contributed by atoms with van der Waals surface area (Å²) in [4.78, 5) is 32.5. The second kappa shape index (κ2) is 8.43. The van der Waals surface area contributed by atoms with Crippen molar-refractivity contribution >= 4 is 29.3 Å². The molecule has 2 amide bonds. The molecule has 1 aromatic rings. The van der Waals surface area contributed by atoms with Crippen LogP contribution in [0.25, 0.3) is 0 Å². The number of benzene rings is 1. The molecular weight excluding hydrogens is 372 g/mol. The number of para-hydroxylation sites is 1. The number of fused-ring (bicyclic) bond motifs is 3. The SMILES string of the molecule is CCN1CCN(CCCCNC(=O)C23CCC(=O)N2c2ccccc2S3)CC1. The number of likely N-dealkylation sites (N-methyl/N-ethyl adjacent to an activating group) is 1. The molecule has 1 aromatic carbocycles. The molecule has 0 aliphatic carbocycles. The fourth-order valence-electron chi connectivity index (χ4n) is 4.43. The number of nitrogens with zero attached hydrogens (tertiary/aromatic N) is 3. The molecule has 7 heteroatoms. The van der Waals surface area contributed by atoms with Gasteiger partial charge in [0.1, 0.15) is 0 Å². The van der Waals surface area contributed by atoms with Crippen molar-refractivity contribution in [2.45, 2.75) is 42.4 Å². The summed E-state index contributed by atoms with van der Waals surface area (Å²) >= 11 is 1.54. The van der Waals surface area contributed by atoms with E-state index in [1.807, 2.05) is 24.3 Å². The molecule has 0 radical (unpaired) electrons. The number of hydrogen-bond acceptors (Lipinski definition) is 5. The van der Waals surface area contributed by atoms with Crippen molar-refractivity contribution in [3.05, 3.63) is 24.3 Å². The number of carbonyl (C=O) groups excluding carboxylic acids is 2. The maximum Gasteiger partial charge on any atom is 0.257 e. The van der Waals surface area contributed by atoms with Crippen LogP contribution in [0.1, 0.15) is 32.6 Å². The van der Waals surface area contributed by atoms with Crippen molar-refractivity contribution in [1.29, 1.82) is 0 Å². The van der Waals surface area contributed by atoms with Gasteiger partial charge in [0.15, 0.2) is 4.87 Å². The van der Waals surface area contributed by atoms with E-state index in [2.05, 4.69) is 22.0 Å². The highest BCUT2D eigenvalue weighted by atomic mass is 32.2. The van der Waals surface area contributed by atoms with Gasteiger partial charge in [0.2, 0.25) is 5.91 Å². The van der Waals surface area contributed by atoms with E-state index in [-0.39, 0.29) is 11.8 Å². The molecule has 2 saturated heterocycles. The molecule has 28 heavy (non-hydrogen) atoms. The van der Waals surface area contributed by atoms with Gasteiger partial charge in [-0.25, -0.2) is 0 Å². The molecule has 3 aliphatic rings. The van der Waals surface area contributed by atoms with E-state index in [4.69, 9.17) is 0 Å². The molecule has 0 aromatic heterocycles. The molecule has 6 nitrogen and oxygen atoms in total. The summed E-state index contributed by atoms with van der Waals surface area (Å²) in [5, 5.41) is 3.12. The van der Waals surface area contributed by atoms with Gasteiger partial charge >= 0.3 is 0 Å². The lowest BCUT2D eigenvalue weighted by atomic mass is 10.1. The van der Waals surface area contributed by atoms with Gasteiger partial charge < -0.3 is 15.1 Å². The second-order valence-electron chi connectivity index (χ2n) is 7.82. The average Bonchev–Trinajstić information content (AvgIpc) is 3.24. The van der Waals surface area contributed by atoms with E-state index in [1.54, 1.807) is 4.90 Å². The Morgan fingerprint density at radius 2 is 1.89 bits per heavy atom. The minimum absolute atomic E-state index is 0.0175. The van der Waals surface area contributed by atoms with E-state index < -0.39 is 4.87 Å². The summed E-state index contributed by atoms with van der Waals surface area (Å²) in [6.45, 7) is 9.76. The Balaban J connectivity index is 1.25. The Kier molecular flexibility index (Phi) is 5.94. The Morgan fingerprint density at radius 3 is 2.68 bits per heavy atom. The lowest BCUT2D eigenvalue weighted by Crippen LogP contribution is -2.52. The zero-order valence-corrected chi connectivity index (χ0v) is 17.5. The van der Waals surface area contributed by atoms with Crippen LogP contribution in [0.4, 0.5) is 5.69 Å². The summed E-state index contributed by atoms with van der Waals surface area (Å²) in [7, 11) is 0. The first-order valence-corrected chi connectivity index (χ1v) is 11.3. The normalized spacial score (nSPS) is 25.0. The highest BCUT2D eigenvalue weighted by Gasteiger charge is 2.57. The molecule has 1 atom stereocenters. The summed E-state index contributed by atoms with van der Waals surface area (Å²) in [6.07, 6.45) is 3.09. The van der Waals surface area contributed by atoms with Crippen molar-refractivity contribution in [2.24, 2.45) is 0 Å². The van der Waals surface area contributed by atoms with Gasteiger partial charge in [0, 0.05) is 44.0 Å². The van der Waals surface area contributed by atoms with Crippen molar-refractivity contribution in [3.63, 3.8) is 0 Å². The molecule has 1 N–H and O–H groups in total. The Bertz CT molecular complexity index is 735. The maximum absolute atomic E-state index is 13.1. The highest BCUT2D eigenvalue weighted by molar-refractivity contribution is 8.02. The number of thioether (sulfide) groups is 1. The molecule has 3 aliphatic heterocycles. The van der Waals surface area contributed by atoms with Crippen LogP contribution in [-0.4, -0.2) is 72.3 Å². The van der Waals surface area contributed by atoms with E-state index in [1.165, 1.54) is 11.8 Å². The number of rotatable bonds is 7. The first-order valence-electron chi connectivity index (χ1n) is 10.5. The van der Waals surface area contributed by atoms with Gasteiger partial charge in [-0.2, -0.15) is 0 Å². The predicted octanol–water partition coefficient (Wildman–Crippen LogP) is 2.15. The zero-order chi connectivity index (χ0) is 19.6. The van der Waals surface area contributed by atoms with Crippen molar-refractivity contribution in [1.82, 2.24) is 15.1 Å². The lowest BCUT2D eigenvalue weighted by molar-refractivity contribution is -0.124. The lowest BCUT2D eigenvalue weighted by Gasteiger charge is -2.34. The molecule has 152 valence electrons. The van der Waals surface area contributed by atoms with Gasteiger partial charge in [0.05, 0.1) is 5.69 Å². The number of anilines is 1. The molecule has 4 rings (SSSR count). The molecule has 1 unspecified atom stereocenters. The van der Waals surface area contributed by atoms with Crippen LogP contribution in [0.5, 0.6) is 0 Å². The number of amides is 2. The van der Waals surface area contributed by atoms with Gasteiger partial charge in [-0.05, 0) is 44.5 Å².